The van der Waals surface area contributed by atoms with E-state index in [-0.39, 0.29) is 11.8 Å². The predicted octanol–water partition coefficient (Wildman–Crippen LogP) is 2.26. The van der Waals surface area contributed by atoms with Crippen LogP contribution in [0, 0.1) is 5.82 Å². The number of hydrogen-bond acceptors (Lipinski definition) is 7. The first-order valence-corrected chi connectivity index (χ1v) is 7.88. The molecule has 0 bridgehead atoms. The number of halogens is 1. The predicted molar refractivity (Wildman–Crippen MR) is 98.2 cm³/mol. The molecule has 0 saturated heterocycles. The molecule has 0 aliphatic carbocycles. The Morgan fingerprint density at radius 2 is 1.77 bits per heavy atom. The van der Waals surface area contributed by atoms with E-state index in [0.29, 0.717) is 23.1 Å². The zero-order chi connectivity index (χ0) is 18.3. The fourth-order valence-electron chi connectivity index (χ4n) is 2.87. The molecule has 26 heavy (non-hydrogen) atoms. The minimum atomic E-state index is -0.361. The zero-order valence-electron chi connectivity index (χ0n) is 14.0. The lowest BCUT2D eigenvalue weighted by molar-refractivity contribution is 0.415. The van der Waals surface area contributed by atoms with Crippen LogP contribution in [0.1, 0.15) is 0 Å². The van der Waals surface area contributed by atoms with E-state index in [2.05, 4.69) is 4.99 Å². The van der Waals surface area contributed by atoms with Crippen LogP contribution in [0.5, 0.6) is 5.75 Å². The van der Waals surface area contributed by atoms with Crippen molar-refractivity contribution in [3.8, 4) is 5.75 Å². The third-order valence-electron chi connectivity index (χ3n) is 4.06. The SMILES string of the molecule is COc1cccc(N2C=C3N=C(N)N(c4cccc(F)c4)N3C=C2N)c1. The van der Waals surface area contributed by atoms with E-state index in [1.54, 1.807) is 46.6 Å². The Balaban J connectivity index is 1.71. The molecule has 0 amide bonds. The number of benzene rings is 2. The number of rotatable bonds is 3. The van der Waals surface area contributed by atoms with Crippen molar-refractivity contribution in [2.75, 3.05) is 17.0 Å². The summed E-state index contributed by atoms with van der Waals surface area (Å²) in [4.78, 5) is 6.14. The first-order chi connectivity index (χ1) is 12.6. The Bertz CT molecular complexity index is 954. The van der Waals surface area contributed by atoms with E-state index in [1.807, 2.05) is 24.3 Å². The number of aliphatic imine (C=N–C) groups is 1. The Morgan fingerprint density at radius 3 is 2.54 bits per heavy atom. The fourth-order valence-corrected chi connectivity index (χ4v) is 2.87. The number of hydrogen-bond donors (Lipinski definition) is 2. The van der Waals surface area contributed by atoms with Crippen LogP contribution >= 0.6 is 0 Å². The van der Waals surface area contributed by atoms with Gasteiger partial charge in [-0.25, -0.2) is 14.4 Å². The second kappa shape index (κ2) is 5.99. The summed E-state index contributed by atoms with van der Waals surface area (Å²) in [6, 6.07) is 13.6. The minimum absolute atomic E-state index is 0.221. The lowest BCUT2D eigenvalue weighted by atomic mass is 10.2. The number of hydrazine groups is 1. The molecule has 4 N–H and O–H groups in total. The number of fused-ring (bicyclic) bond motifs is 1. The van der Waals surface area contributed by atoms with Crippen LogP contribution in [-0.2, 0) is 0 Å². The van der Waals surface area contributed by atoms with Gasteiger partial charge < -0.3 is 16.2 Å². The first-order valence-electron chi connectivity index (χ1n) is 7.88. The highest BCUT2D eigenvalue weighted by molar-refractivity contribution is 5.97. The smallest absolute Gasteiger partial charge is 0.222 e. The molecule has 132 valence electrons. The Hall–Kier alpha value is -3.68. The summed E-state index contributed by atoms with van der Waals surface area (Å²) in [5.74, 6) is 1.59. The van der Waals surface area contributed by atoms with Crippen molar-refractivity contribution in [2.24, 2.45) is 16.5 Å². The summed E-state index contributed by atoms with van der Waals surface area (Å²) in [6.07, 6.45) is 3.44. The average Bonchev–Trinajstić information content (AvgIpc) is 2.95. The third kappa shape index (κ3) is 2.57. The highest BCUT2D eigenvalue weighted by Gasteiger charge is 2.32. The van der Waals surface area contributed by atoms with Gasteiger partial charge in [0.1, 0.15) is 17.4 Å². The summed E-state index contributed by atoms with van der Waals surface area (Å²) >= 11 is 0. The molecule has 2 aliphatic heterocycles. The van der Waals surface area contributed by atoms with Crippen molar-refractivity contribution in [1.29, 1.82) is 0 Å². The highest BCUT2D eigenvalue weighted by atomic mass is 19.1. The Morgan fingerprint density at radius 1 is 1.00 bits per heavy atom. The van der Waals surface area contributed by atoms with Crippen molar-refractivity contribution < 1.29 is 9.13 Å². The van der Waals surface area contributed by atoms with E-state index >= 15 is 0 Å². The monoisotopic (exact) mass is 352 g/mol. The topological polar surface area (TPSA) is 83.3 Å². The summed E-state index contributed by atoms with van der Waals surface area (Å²) < 4.78 is 18.9. The number of guanidine groups is 1. The molecule has 2 heterocycles. The third-order valence-corrected chi connectivity index (χ3v) is 4.06. The average molecular weight is 352 g/mol. The zero-order valence-corrected chi connectivity index (χ0v) is 14.0. The first kappa shape index (κ1) is 15.8. The van der Waals surface area contributed by atoms with Crippen molar-refractivity contribution in [3.05, 3.63) is 78.4 Å². The molecular formula is C18H17FN6O. The van der Waals surface area contributed by atoms with E-state index in [4.69, 9.17) is 16.2 Å². The summed E-state index contributed by atoms with van der Waals surface area (Å²) in [5.41, 5.74) is 13.7. The molecule has 0 radical (unpaired) electrons. The molecule has 0 aromatic heterocycles. The number of nitrogens with zero attached hydrogens (tertiary/aromatic N) is 4. The summed E-state index contributed by atoms with van der Waals surface area (Å²) in [7, 11) is 1.60. The van der Waals surface area contributed by atoms with Gasteiger partial charge in [0, 0.05) is 6.07 Å². The Labute approximate surface area is 149 Å². The van der Waals surface area contributed by atoms with Gasteiger partial charge in [-0.05, 0) is 30.3 Å². The van der Waals surface area contributed by atoms with Crippen LogP contribution in [-0.4, -0.2) is 18.1 Å². The molecule has 0 unspecified atom stereocenters. The number of methoxy groups -OCH3 is 1. The van der Waals surface area contributed by atoms with E-state index < -0.39 is 0 Å². The standard InChI is InChI=1S/C18H17FN6O/c1-26-15-7-3-5-13(9-15)23-11-17-22-18(21)25(24(17)10-16(23)20)14-6-2-4-12(19)8-14/h2-11H,20H2,1H3,(H2,21,22). The van der Waals surface area contributed by atoms with Gasteiger partial charge in [-0.15, -0.1) is 0 Å². The van der Waals surface area contributed by atoms with Gasteiger partial charge in [0.05, 0.1) is 30.9 Å². The maximum absolute atomic E-state index is 13.6. The van der Waals surface area contributed by atoms with Crippen molar-refractivity contribution in [3.63, 3.8) is 0 Å². The molecule has 2 aliphatic rings. The number of anilines is 2. The van der Waals surface area contributed by atoms with Crippen molar-refractivity contribution >= 4 is 17.3 Å². The highest BCUT2D eigenvalue weighted by Crippen LogP contribution is 2.33. The lowest BCUT2D eigenvalue weighted by Crippen LogP contribution is -2.44. The molecule has 0 fully saturated rings. The molecule has 0 saturated carbocycles. The normalized spacial score (nSPS) is 16.1. The van der Waals surface area contributed by atoms with Gasteiger partial charge in [0.2, 0.25) is 5.96 Å². The van der Waals surface area contributed by atoms with Crippen LogP contribution in [0.4, 0.5) is 15.8 Å². The van der Waals surface area contributed by atoms with Crippen molar-refractivity contribution in [1.82, 2.24) is 5.01 Å². The number of ether oxygens (including phenoxy) is 1. The molecule has 0 spiro atoms. The van der Waals surface area contributed by atoms with Crippen LogP contribution in [0.2, 0.25) is 0 Å². The minimum Gasteiger partial charge on any atom is -0.497 e. The number of nitrogens with two attached hydrogens (primary N) is 2. The van der Waals surface area contributed by atoms with Crippen LogP contribution < -0.4 is 26.1 Å². The summed E-state index contributed by atoms with van der Waals surface area (Å²) in [6.45, 7) is 0. The largest absolute Gasteiger partial charge is 0.497 e. The van der Waals surface area contributed by atoms with Gasteiger partial charge in [-0.2, -0.15) is 4.99 Å². The molecule has 0 atom stereocenters. The molecule has 4 rings (SSSR count). The lowest BCUT2D eigenvalue weighted by Gasteiger charge is -2.33. The van der Waals surface area contributed by atoms with Gasteiger partial charge in [0.25, 0.3) is 0 Å². The second-order valence-corrected chi connectivity index (χ2v) is 5.72. The maximum Gasteiger partial charge on any atom is 0.222 e. The fraction of sp³-hybridized carbons (Fsp3) is 0.0556. The molecule has 2 aromatic carbocycles. The molecular weight excluding hydrogens is 335 g/mol. The van der Waals surface area contributed by atoms with Crippen LogP contribution in [0.3, 0.4) is 0 Å². The van der Waals surface area contributed by atoms with Gasteiger partial charge in [-0.1, -0.05) is 12.1 Å². The molecule has 7 nitrogen and oxygen atoms in total. The Kier molecular flexibility index (Phi) is 3.65. The van der Waals surface area contributed by atoms with Crippen LogP contribution in [0.15, 0.2) is 77.6 Å². The summed E-state index contributed by atoms with van der Waals surface area (Å²) in [5, 5.41) is 3.26. The van der Waals surface area contributed by atoms with Gasteiger partial charge >= 0.3 is 0 Å². The van der Waals surface area contributed by atoms with Gasteiger partial charge in [0.15, 0.2) is 5.82 Å². The maximum atomic E-state index is 13.6. The van der Waals surface area contributed by atoms with Gasteiger partial charge in [-0.3, -0.25) is 4.90 Å². The second-order valence-electron chi connectivity index (χ2n) is 5.72. The van der Waals surface area contributed by atoms with Crippen molar-refractivity contribution in [2.45, 2.75) is 0 Å². The molecule has 8 heteroatoms. The van der Waals surface area contributed by atoms with E-state index in [1.165, 1.54) is 12.1 Å². The molecule has 2 aromatic rings. The quantitative estimate of drug-likeness (QED) is 0.882. The van der Waals surface area contributed by atoms with E-state index in [9.17, 15) is 4.39 Å². The van der Waals surface area contributed by atoms with Crippen LogP contribution in [0.25, 0.3) is 0 Å². The van der Waals surface area contributed by atoms with E-state index in [0.717, 1.165) is 5.69 Å².